The van der Waals surface area contributed by atoms with Crippen LogP contribution in [0, 0.1) is 0 Å². The van der Waals surface area contributed by atoms with Crippen LogP contribution >= 0.6 is 12.4 Å². The Balaban J connectivity index is 0. The summed E-state index contributed by atoms with van der Waals surface area (Å²) in [6.45, 7) is -0.118. The molecule has 0 radical (unpaired) electrons. The van der Waals surface area contributed by atoms with Crippen molar-refractivity contribution >= 4 is 12.4 Å². The van der Waals surface area contributed by atoms with Crippen molar-refractivity contribution in [3.8, 4) is 0 Å². The van der Waals surface area contributed by atoms with Gasteiger partial charge >= 0.3 is 12.4 Å². The van der Waals surface area contributed by atoms with E-state index in [4.69, 9.17) is 0 Å². The first-order chi connectivity index (χ1) is 4.50. The maximum Gasteiger partial charge on any atom is 0.414 e. The summed E-state index contributed by atoms with van der Waals surface area (Å²) in [5, 5.41) is 0. The van der Waals surface area contributed by atoms with Gasteiger partial charge in [-0.15, -0.1) is 12.4 Å². The van der Waals surface area contributed by atoms with Gasteiger partial charge in [0.15, 0.2) is 0 Å². The predicted octanol–water partition coefficient (Wildman–Crippen LogP) is 2.25. The number of hydrogen-bond acceptors (Lipinski definition) is 1. The summed E-state index contributed by atoms with van der Waals surface area (Å²) in [5.74, 6) is 0. The largest absolute Gasteiger partial charge is 0.414 e. The summed E-state index contributed by atoms with van der Waals surface area (Å²) in [4.78, 5) is 0. The van der Waals surface area contributed by atoms with Crippen LogP contribution in [0.15, 0.2) is 0 Å². The molecule has 0 atom stereocenters. The van der Waals surface area contributed by atoms with E-state index in [1.807, 2.05) is 0 Å². The van der Waals surface area contributed by atoms with Crippen molar-refractivity contribution < 1.29 is 26.3 Å². The van der Waals surface area contributed by atoms with Crippen molar-refractivity contribution in [3.63, 3.8) is 0 Å². The topological polar surface area (TPSA) is 26.0 Å². The fourth-order valence-electron chi connectivity index (χ4n) is 0.161. The Morgan fingerprint density at radius 2 is 1.00 bits per heavy atom. The number of alkyl halides is 6. The van der Waals surface area contributed by atoms with E-state index in [1.165, 1.54) is 0 Å². The fraction of sp³-hybridized carbons (Fsp3) is 1.00. The van der Waals surface area contributed by atoms with Crippen LogP contribution in [-0.4, -0.2) is 17.9 Å². The van der Waals surface area contributed by atoms with Crippen LogP contribution in [-0.2, 0) is 0 Å². The zero-order chi connectivity index (χ0) is 9.50. The quantitative estimate of drug-likeness (QED) is 0.619. The third kappa shape index (κ3) is 2.41. The molecule has 0 saturated carbocycles. The van der Waals surface area contributed by atoms with Crippen LogP contribution in [0.3, 0.4) is 0 Å². The van der Waals surface area contributed by atoms with Crippen LogP contribution < -0.4 is 5.73 Å². The van der Waals surface area contributed by atoms with Crippen molar-refractivity contribution in [2.24, 2.45) is 5.73 Å². The number of nitrogens with two attached hydrogens (primary N) is 1. The Morgan fingerprint density at radius 1 is 0.833 bits per heavy atom. The van der Waals surface area contributed by atoms with E-state index in [2.05, 4.69) is 5.73 Å². The van der Waals surface area contributed by atoms with Gasteiger partial charge in [-0.05, 0) is 6.92 Å². The van der Waals surface area contributed by atoms with Gasteiger partial charge in [0, 0.05) is 0 Å². The molecular weight excluding hydrogens is 211 g/mol. The molecular formula is C4H6ClF6N. The standard InChI is InChI=1S/C4H5F6N.ClH/c1-2(11,3(5,6)7)4(8,9)10;/h11H2,1H3;1H. The zero-order valence-corrected chi connectivity index (χ0v) is 6.57. The highest BCUT2D eigenvalue weighted by Gasteiger charge is 2.65. The molecule has 0 amide bonds. The van der Waals surface area contributed by atoms with Gasteiger partial charge in [0.05, 0.1) is 0 Å². The van der Waals surface area contributed by atoms with Gasteiger partial charge in [-0.1, -0.05) is 0 Å². The molecule has 8 heteroatoms. The number of rotatable bonds is 0. The second kappa shape index (κ2) is 3.29. The van der Waals surface area contributed by atoms with Crippen LogP contribution in [0.1, 0.15) is 6.92 Å². The molecule has 0 rings (SSSR count). The van der Waals surface area contributed by atoms with Gasteiger partial charge in [-0.25, -0.2) is 0 Å². The molecule has 0 aromatic carbocycles. The summed E-state index contributed by atoms with van der Waals surface area (Å²) < 4.78 is 68.9. The Bertz CT molecular complexity index is 131. The van der Waals surface area contributed by atoms with E-state index in [1.54, 1.807) is 0 Å². The molecule has 0 aromatic rings. The molecule has 76 valence electrons. The van der Waals surface area contributed by atoms with Crippen molar-refractivity contribution in [1.29, 1.82) is 0 Å². The minimum atomic E-state index is -5.47. The monoisotopic (exact) mass is 217 g/mol. The highest BCUT2D eigenvalue weighted by molar-refractivity contribution is 5.85. The van der Waals surface area contributed by atoms with Crippen LogP contribution in [0.25, 0.3) is 0 Å². The van der Waals surface area contributed by atoms with Gasteiger partial charge in [0.1, 0.15) is 0 Å². The second-order valence-corrected chi connectivity index (χ2v) is 2.20. The minimum absolute atomic E-state index is 0. The van der Waals surface area contributed by atoms with Crippen LogP contribution in [0.4, 0.5) is 26.3 Å². The van der Waals surface area contributed by atoms with E-state index in [0.717, 1.165) is 0 Å². The first kappa shape index (κ1) is 14.4. The van der Waals surface area contributed by atoms with E-state index in [9.17, 15) is 26.3 Å². The zero-order valence-electron chi connectivity index (χ0n) is 5.75. The van der Waals surface area contributed by atoms with Crippen LogP contribution in [0.2, 0.25) is 0 Å². The van der Waals surface area contributed by atoms with Crippen molar-refractivity contribution in [2.45, 2.75) is 24.8 Å². The predicted molar refractivity (Wildman–Crippen MR) is 32.0 cm³/mol. The average molecular weight is 218 g/mol. The molecule has 2 N–H and O–H groups in total. The Hall–Kier alpha value is -0.170. The molecule has 0 saturated heterocycles. The lowest BCUT2D eigenvalue weighted by Crippen LogP contribution is -2.61. The normalized spacial score (nSPS) is 14.0. The Morgan fingerprint density at radius 3 is 1.00 bits per heavy atom. The van der Waals surface area contributed by atoms with Crippen molar-refractivity contribution in [2.75, 3.05) is 0 Å². The highest BCUT2D eigenvalue weighted by Crippen LogP contribution is 2.40. The van der Waals surface area contributed by atoms with Gasteiger partial charge in [-0.2, -0.15) is 26.3 Å². The van der Waals surface area contributed by atoms with Crippen molar-refractivity contribution in [1.82, 2.24) is 0 Å². The highest BCUT2D eigenvalue weighted by atomic mass is 35.5. The summed E-state index contributed by atoms with van der Waals surface area (Å²) in [6, 6.07) is 0. The first-order valence-electron chi connectivity index (χ1n) is 2.42. The van der Waals surface area contributed by atoms with E-state index in [0.29, 0.717) is 0 Å². The molecule has 0 fully saturated rings. The molecule has 0 aromatic heterocycles. The minimum Gasteiger partial charge on any atom is -0.310 e. The van der Waals surface area contributed by atoms with E-state index in [-0.39, 0.29) is 19.3 Å². The lowest BCUT2D eigenvalue weighted by Gasteiger charge is -2.29. The average Bonchev–Trinajstić information content (AvgIpc) is 1.58. The van der Waals surface area contributed by atoms with Gasteiger partial charge in [0.2, 0.25) is 5.54 Å². The molecule has 0 aliphatic rings. The molecule has 0 bridgehead atoms. The SMILES string of the molecule is CC(N)(C(F)(F)F)C(F)(F)F.Cl. The lowest BCUT2D eigenvalue weighted by atomic mass is 10.0. The van der Waals surface area contributed by atoms with E-state index >= 15 is 0 Å². The molecule has 0 spiro atoms. The molecule has 12 heavy (non-hydrogen) atoms. The van der Waals surface area contributed by atoms with E-state index < -0.39 is 17.9 Å². The maximum atomic E-state index is 11.5. The molecule has 0 heterocycles. The van der Waals surface area contributed by atoms with Gasteiger partial charge in [0.25, 0.3) is 0 Å². The van der Waals surface area contributed by atoms with Gasteiger partial charge in [-0.3, -0.25) is 0 Å². The summed E-state index contributed by atoms with van der Waals surface area (Å²) in [6.07, 6.45) is -10.9. The molecule has 1 nitrogen and oxygen atoms in total. The lowest BCUT2D eigenvalue weighted by molar-refractivity contribution is -0.290. The van der Waals surface area contributed by atoms with Crippen LogP contribution in [0.5, 0.6) is 0 Å². The second-order valence-electron chi connectivity index (χ2n) is 2.20. The first-order valence-corrected chi connectivity index (χ1v) is 2.42. The third-order valence-corrected chi connectivity index (χ3v) is 1.18. The van der Waals surface area contributed by atoms with Gasteiger partial charge < -0.3 is 5.73 Å². The van der Waals surface area contributed by atoms with Crippen molar-refractivity contribution in [3.05, 3.63) is 0 Å². The molecule has 0 aliphatic heterocycles. The molecule has 0 aliphatic carbocycles. The number of halogens is 7. The third-order valence-electron chi connectivity index (χ3n) is 1.18. The molecule has 0 unspecified atom stereocenters. The smallest absolute Gasteiger partial charge is 0.310 e. The Labute approximate surface area is 70.3 Å². The number of hydrogen-bond donors (Lipinski definition) is 1. The summed E-state index contributed by atoms with van der Waals surface area (Å²) in [7, 11) is 0. The Kier molecular flexibility index (Phi) is 3.94. The fourth-order valence-corrected chi connectivity index (χ4v) is 0.161. The maximum absolute atomic E-state index is 11.5. The summed E-state index contributed by atoms with van der Waals surface area (Å²) >= 11 is 0. The summed E-state index contributed by atoms with van der Waals surface area (Å²) in [5.41, 5.74) is -0.104.